The van der Waals surface area contributed by atoms with E-state index in [2.05, 4.69) is 10.3 Å². The van der Waals surface area contributed by atoms with Crippen LogP contribution in [0.1, 0.15) is 0 Å². The molecule has 2 amide bonds. The molecule has 1 heterocycles. The maximum Gasteiger partial charge on any atom is 0.332 e. The normalized spacial score (nSPS) is 16.9. The third-order valence-corrected chi connectivity index (χ3v) is 2.70. The highest BCUT2D eigenvalue weighted by atomic mass is 16.4. The molecular weight excluding hydrogens is 256 g/mol. The zero-order valence-electron chi connectivity index (χ0n) is 10.7. The number of hydrazine groups is 1. The summed E-state index contributed by atoms with van der Waals surface area (Å²) in [5, 5.41) is 19.0. The smallest absolute Gasteiger partial charge is 0.332 e. The van der Waals surface area contributed by atoms with Crippen LogP contribution in [0.4, 0.5) is 4.79 Å². The van der Waals surface area contributed by atoms with Gasteiger partial charge in [-0.05, 0) is 7.05 Å². The molecule has 3 N–H and O–H groups in total. The number of likely N-dealkylation sites (N-methyl/N-ethyl adjacent to an activating group) is 1. The summed E-state index contributed by atoms with van der Waals surface area (Å²) in [6.45, 7) is 1.47. The first kappa shape index (κ1) is 15.2. The van der Waals surface area contributed by atoms with Crippen LogP contribution in [-0.2, 0) is 9.59 Å². The highest BCUT2D eigenvalue weighted by molar-refractivity contribution is 5.83. The van der Waals surface area contributed by atoms with Crippen LogP contribution in [0.15, 0.2) is 0 Å². The average molecular weight is 274 g/mol. The highest BCUT2D eigenvalue weighted by Crippen LogP contribution is 1.97. The number of amides is 2. The number of piperazine rings is 1. The first-order valence-corrected chi connectivity index (χ1v) is 5.81. The third kappa shape index (κ3) is 5.53. The first-order chi connectivity index (χ1) is 8.88. The number of urea groups is 1. The quantitative estimate of drug-likeness (QED) is 0.549. The van der Waals surface area contributed by atoms with Gasteiger partial charge in [0.25, 0.3) is 0 Å². The van der Waals surface area contributed by atoms with Crippen molar-refractivity contribution in [2.45, 2.75) is 0 Å². The van der Waals surface area contributed by atoms with Crippen molar-refractivity contribution < 1.29 is 24.6 Å². The van der Waals surface area contributed by atoms with E-state index >= 15 is 0 Å². The van der Waals surface area contributed by atoms with Crippen LogP contribution in [0.5, 0.6) is 0 Å². The number of aliphatic carboxylic acids is 2. The van der Waals surface area contributed by atoms with Crippen molar-refractivity contribution in [3.63, 3.8) is 0 Å². The number of carbonyl (C=O) groups is 3. The minimum absolute atomic E-state index is 0.607. The van der Waals surface area contributed by atoms with Crippen molar-refractivity contribution in [2.24, 2.45) is 0 Å². The minimum Gasteiger partial charge on any atom is -0.480 e. The maximum absolute atomic E-state index is 11.8. The number of nitrogens with zero attached hydrogens (tertiary/aromatic N) is 3. The number of carboxylic acid groups (broad SMARTS) is 2. The molecular formula is C10H18N4O5. The summed E-state index contributed by atoms with van der Waals surface area (Å²) < 4.78 is 0. The molecule has 9 heteroatoms. The lowest BCUT2D eigenvalue weighted by Gasteiger charge is -2.33. The van der Waals surface area contributed by atoms with Crippen molar-refractivity contribution in [1.82, 2.24) is 20.2 Å². The molecule has 0 radical (unpaired) electrons. The van der Waals surface area contributed by atoms with E-state index in [0.29, 0.717) is 13.1 Å². The van der Waals surface area contributed by atoms with Crippen molar-refractivity contribution in [3.8, 4) is 0 Å². The van der Waals surface area contributed by atoms with Crippen molar-refractivity contribution in [1.29, 1.82) is 0 Å². The molecule has 9 nitrogen and oxygen atoms in total. The SMILES string of the molecule is CN1CCN(NC(=O)N(CC(=O)O)CC(=O)O)CC1. The Morgan fingerprint density at radius 3 is 1.95 bits per heavy atom. The molecule has 1 aliphatic heterocycles. The van der Waals surface area contributed by atoms with Crippen LogP contribution in [0.3, 0.4) is 0 Å². The molecule has 1 saturated heterocycles. The van der Waals surface area contributed by atoms with Gasteiger partial charge in [0.15, 0.2) is 0 Å². The molecule has 108 valence electrons. The molecule has 1 aliphatic rings. The molecule has 0 aromatic heterocycles. The van der Waals surface area contributed by atoms with Crippen LogP contribution in [0, 0.1) is 0 Å². The molecule has 0 saturated carbocycles. The molecule has 0 bridgehead atoms. The zero-order valence-corrected chi connectivity index (χ0v) is 10.7. The van der Waals surface area contributed by atoms with E-state index < -0.39 is 31.1 Å². The molecule has 0 spiro atoms. The molecule has 0 aromatic carbocycles. The molecule has 19 heavy (non-hydrogen) atoms. The number of nitrogens with one attached hydrogen (secondary N) is 1. The highest BCUT2D eigenvalue weighted by Gasteiger charge is 2.22. The molecule has 0 atom stereocenters. The predicted octanol–water partition coefficient (Wildman–Crippen LogP) is -1.67. The second-order valence-electron chi connectivity index (χ2n) is 4.35. The van der Waals surface area contributed by atoms with Crippen LogP contribution < -0.4 is 5.43 Å². The fourth-order valence-corrected chi connectivity index (χ4v) is 1.65. The van der Waals surface area contributed by atoms with Gasteiger partial charge in [0.2, 0.25) is 0 Å². The molecule has 1 rings (SSSR count). The summed E-state index contributed by atoms with van der Waals surface area (Å²) in [5.41, 5.74) is 2.52. The standard InChI is InChI=1S/C10H18N4O5/c1-12-2-4-14(5-3-12)11-10(19)13(6-8(15)16)7-9(17)18/h2-7H2,1H3,(H,11,19)(H,15,16)(H,17,18). The number of carbonyl (C=O) groups excluding carboxylic acids is 1. The summed E-state index contributed by atoms with van der Waals surface area (Å²) in [4.78, 5) is 35.8. The van der Waals surface area contributed by atoms with Gasteiger partial charge in [-0.2, -0.15) is 0 Å². The van der Waals surface area contributed by atoms with Gasteiger partial charge >= 0.3 is 18.0 Å². The topological polar surface area (TPSA) is 113 Å². The second kappa shape index (κ2) is 6.90. The number of hydrogen-bond acceptors (Lipinski definition) is 5. The Bertz CT molecular complexity index is 338. The zero-order chi connectivity index (χ0) is 14.4. The summed E-state index contributed by atoms with van der Waals surface area (Å²) in [6.07, 6.45) is 0. The summed E-state index contributed by atoms with van der Waals surface area (Å²) in [6, 6.07) is -0.714. The Morgan fingerprint density at radius 2 is 1.53 bits per heavy atom. The molecule has 1 fully saturated rings. The molecule has 0 unspecified atom stereocenters. The Morgan fingerprint density at radius 1 is 1.05 bits per heavy atom. The fourth-order valence-electron chi connectivity index (χ4n) is 1.65. The second-order valence-corrected chi connectivity index (χ2v) is 4.35. The van der Waals surface area contributed by atoms with Gasteiger partial charge in [-0.3, -0.25) is 15.0 Å². The van der Waals surface area contributed by atoms with Crippen LogP contribution >= 0.6 is 0 Å². The van der Waals surface area contributed by atoms with E-state index in [-0.39, 0.29) is 0 Å². The van der Waals surface area contributed by atoms with Crippen LogP contribution in [0.2, 0.25) is 0 Å². The van der Waals surface area contributed by atoms with Gasteiger partial charge in [-0.15, -0.1) is 0 Å². The van der Waals surface area contributed by atoms with Gasteiger partial charge in [0, 0.05) is 26.2 Å². The lowest BCUT2D eigenvalue weighted by Crippen LogP contribution is -2.56. The fraction of sp³-hybridized carbons (Fsp3) is 0.700. The monoisotopic (exact) mass is 274 g/mol. The van der Waals surface area contributed by atoms with Crippen LogP contribution in [0.25, 0.3) is 0 Å². The minimum atomic E-state index is -1.25. The lowest BCUT2D eigenvalue weighted by atomic mass is 10.4. The lowest BCUT2D eigenvalue weighted by molar-refractivity contribution is -0.140. The van der Waals surface area contributed by atoms with Gasteiger partial charge in [0.05, 0.1) is 0 Å². The van der Waals surface area contributed by atoms with E-state index in [1.54, 1.807) is 5.01 Å². The Hall–Kier alpha value is -1.87. The summed E-state index contributed by atoms with van der Waals surface area (Å²) in [5.74, 6) is -2.51. The van der Waals surface area contributed by atoms with Crippen LogP contribution in [-0.4, -0.2) is 89.3 Å². The number of rotatable bonds is 5. The average Bonchev–Trinajstić information content (AvgIpc) is 2.30. The Kier molecular flexibility index (Phi) is 5.52. The third-order valence-electron chi connectivity index (χ3n) is 2.70. The van der Waals surface area contributed by atoms with E-state index in [1.165, 1.54) is 0 Å². The van der Waals surface area contributed by atoms with Crippen molar-refractivity contribution in [3.05, 3.63) is 0 Å². The van der Waals surface area contributed by atoms with E-state index in [9.17, 15) is 14.4 Å². The number of hydrogen-bond donors (Lipinski definition) is 3. The maximum atomic E-state index is 11.8. The van der Waals surface area contributed by atoms with Gasteiger partial charge in [-0.1, -0.05) is 0 Å². The Labute approximate surface area is 110 Å². The molecule has 0 aromatic rings. The predicted molar refractivity (Wildman–Crippen MR) is 64.4 cm³/mol. The van der Waals surface area contributed by atoms with E-state index in [4.69, 9.17) is 10.2 Å². The van der Waals surface area contributed by atoms with Crippen molar-refractivity contribution in [2.75, 3.05) is 46.3 Å². The summed E-state index contributed by atoms with van der Waals surface area (Å²) >= 11 is 0. The van der Waals surface area contributed by atoms with Crippen molar-refractivity contribution >= 4 is 18.0 Å². The van der Waals surface area contributed by atoms with E-state index in [1.807, 2.05) is 7.05 Å². The molecule has 0 aliphatic carbocycles. The summed E-state index contributed by atoms with van der Waals surface area (Å²) in [7, 11) is 1.96. The van der Waals surface area contributed by atoms with Gasteiger partial charge in [-0.25, -0.2) is 9.80 Å². The largest absolute Gasteiger partial charge is 0.480 e. The first-order valence-electron chi connectivity index (χ1n) is 5.81. The Balaban J connectivity index is 2.51. The van der Waals surface area contributed by atoms with Gasteiger partial charge < -0.3 is 20.0 Å². The number of carboxylic acids is 2. The van der Waals surface area contributed by atoms with E-state index in [0.717, 1.165) is 18.0 Å². The van der Waals surface area contributed by atoms with Gasteiger partial charge in [0.1, 0.15) is 13.1 Å².